The molecule has 4 rings (SSSR count). The molecule has 2 aromatic carbocycles. The van der Waals surface area contributed by atoms with Crippen molar-refractivity contribution in [3.8, 4) is 6.07 Å². The Balaban J connectivity index is 1.82. The van der Waals surface area contributed by atoms with Gasteiger partial charge in [-0.3, -0.25) is 9.69 Å². The summed E-state index contributed by atoms with van der Waals surface area (Å²) in [7, 11) is 2.40. The van der Waals surface area contributed by atoms with Gasteiger partial charge in [-0.15, -0.1) is 0 Å². The third-order valence-corrected chi connectivity index (χ3v) is 6.73. The van der Waals surface area contributed by atoms with Crippen molar-refractivity contribution in [1.82, 2.24) is 0 Å². The summed E-state index contributed by atoms with van der Waals surface area (Å²) in [5.74, 6) is -2.59. The second-order valence-corrected chi connectivity index (χ2v) is 8.85. The molecule has 0 spiro atoms. The molecule has 190 valence electrons. The lowest BCUT2D eigenvalue weighted by molar-refractivity contribution is -0.139. The van der Waals surface area contributed by atoms with E-state index in [2.05, 4.69) is 11.4 Å². The van der Waals surface area contributed by atoms with Gasteiger partial charge in [-0.1, -0.05) is 43.2 Å². The average molecular weight is 501 g/mol. The maximum atomic E-state index is 13.1. The Morgan fingerprint density at radius 2 is 1.59 bits per heavy atom. The van der Waals surface area contributed by atoms with E-state index < -0.39 is 17.9 Å². The zero-order valence-corrected chi connectivity index (χ0v) is 20.7. The number of hydrogen-bond acceptors (Lipinski definition) is 8. The van der Waals surface area contributed by atoms with Crippen LogP contribution in [-0.4, -0.2) is 32.1 Å². The first kappa shape index (κ1) is 25.5. The molecule has 1 fully saturated rings. The molecule has 1 heterocycles. The molecule has 1 saturated carbocycles. The molecule has 1 unspecified atom stereocenters. The minimum atomic E-state index is -0.936. The summed E-state index contributed by atoms with van der Waals surface area (Å²) in [4.78, 5) is 40.1. The van der Waals surface area contributed by atoms with E-state index in [4.69, 9.17) is 15.2 Å². The standard InChI is InChI=1S/C28H28N4O5/c1-36-27(34)23-22(17-8-4-3-5-9-17)21(16-29)25(30)32(24(23)28(35)37-2)20-14-12-19(13-15-20)31-26(33)18-10-6-7-11-18/h3-5,8-9,12-15,18,22H,6-7,10-11,30H2,1-2H3,(H,31,33). The fraction of sp³-hybridized carbons (Fsp3) is 0.286. The van der Waals surface area contributed by atoms with E-state index in [1.165, 1.54) is 19.1 Å². The van der Waals surface area contributed by atoms with Crippen molar-refractivity contribution in [2.24, 2.45) is 11.7 Å². The molecule has 0 radical (unpaired) electrons. The molecule has 37 heavy (non-hydrogen) atoms. The molecule has 1 amide bonds. The van der Waals surface area contributed by atoms with Gasteiger partial charge in [0.15, 0.2) is 0 Å². The Hall–Kier alpha value is -4.58. The van der Waals surface area contributed by atoms with E-state index in [1.54, 1.807) is 54.6 Å². The smallest absolute Gasteiger partial charge is 0.355 e. The second kappa shape index (κ2) is 11.0. The van der Waals surface area contributed by atoms with Crippen molar-refractivity contribution in [2.45, 2.75) is 31.6 Å². The quantitative estimate of drug-likeness (QED) is 0.573. The van der Waals surface area contributed by atoms with Gasteiger partial charge in [0.1, 0.15) is 11.5 Å². The van der Waals surface area contributed by atoms with Crippen LogP contribution in [0.3, 0.4) is 0 Å². The number of hydrogen-bond donors (Lipinski definition) is 2. The number of anilines is 2. The third kappa shape index (κ3) is 4.91. The Morgan fingerprint density at radius 3 is 2.16 bits per heavy atom. The summed E-state index contributed by atoms with van der Waals surface area (Å²) in [5.41, 5.74) is 7.94. The maximum absolute atomic E-state index is 13.1. The van der Waals surface area contributed by atoms with Gasteiger partial charge in [-0.05, 0) is 42.7 Å². The van der Waals surface area contributed by atoms with Crippen LogP contribution in [0.15, 0.2) is 77.3 Å². The van der Waals surface area contributed by atoms with E-state index in [1.807, 2.05) is 0 Å². The van der Waals surface area contributed by atoms with Gasteiger partial charge in [0, 0.05) is 17.3 Å². The topological polar surface area (TPSA) is 135 Å². The van der Waals surface area contributed by atoms with Gasteiger partial charge in [0.25, 0.3) is 0 Å². The fourth-order valence-corrected chi connectivity index (χ4v) is 4.91. The predicted octanol–water partition coefficient (Wildman–Crippen LogP) is 3.71. The van der Waals surface area contributed by atoms with Crippen LogP contribution in [-0.2, 0) is 23.9 Å². The van der Waals surface area contributed by atoms with Gasteiger partial charge >= 0.3 is 11.9 Å². The Kier molecular flexibility index (Phi) is 7.58. The Morgan fingerprint density at radius 1 is 0.973 bits per heavy atom. The molecule has 9 nitrogen and oxygen atoms in total. The van der Waals surface area contributed by atoms with Crippen molar-refractivity contribution in [2.75, 3.05) is 24.4 Å². The number of carbonyl (C=O) groups excluding carboxylic acids is 3. The van der Waals surface area contributed by atoms with Crippen LogP contribution >= 0.6 is 0 Å². The van der Waals surface area contributed by atoms with Crippen LogP contribution in [0.2, 0.25) is 0 Å². The van der Waals surface area contributed by atoms with Crippen LogP contribution < -0.4 is 16.0 Å². The minimum Gasteiger partial charge on any atom is -0.466 e. The molecule has 1 aliphatic heterocycles. The van der Waals surface area contributed by atoms with E-state index >= 15 is 0 Å². The number of nitriles is 1. The molecule has 3 N–H and O–H groups in total. The summed E-state index contributed by atoms with van der Waals surface area (Å²) in [6.45, 7) is 0. The summed E-state index contributed by atoms with van der Waals surface area (Å²) < 4.78 is 10.1. The normalized spacial score (nSPS) is 17.9. The summed E-state index contributed by atoms with van der Waals surface area (Å²) in [5, 5.41) is 13.0. The highest BCUT2D eigenvalue weighted by molar-refractivity contribution is 6.06. The molecule has 1 aliphatic carbocycles. The lowest BCUT2D eigenvalue weighted by Crippen LogP contribution is -2.40. The van der Waals surface area contributed by atoms with Gasteiger partial charge in [-0.25, -0.2) is 9.59 Å². The number of rotatable bonds is 6. The van der Waals surface area contributed by atoms with E-state index in [0.29, 0.717) is 16.9 Å². The van der Waals surface area contributed by atoms with Crippen molar-refractivity contribution in [3.63, 3.8) is 0 Å². The molecule has 2 aliphatic rings. The fourth-order valence-electron chi connectivity index (χ4n) is 4.91. The number of nitrogens with two attached hydrogens (primary N) is 1. The average Bonchev–Trinajstić information content (AvgIpc) is 3.48. The van der Waals surface area contributed by atoms with Crippen molar-refractivity contribution < 1.29 is 23.9 Å². The van der Waals surface area contributed by atoms with E-state index in [0.717, 1.165) is 25.7 Å². The molecule has 0 saturated heterocycles. The number of amides is 1. The monoisotopic (exact) mass is 500 g/mol. The SMILES string of the molecule is COC(=O)C1=C(C(=O)OC)N(c2ccc(NC(=O)C3CCCC3)cc2)C(N)=C(C#N)C1c1ccccc1. The van der Waals surface area contributed by atoms with Crippen LogP contribution in [0.4, 0.5) is 11.4 Å². The first-order valence-corrected chi connectivity index (χ1v) is 12.0. The number of nitrogens with zero attached hydrogens (tertiary/aromatic N) is 2. The van der Waals surface area contributed by atoms with Crippen molar-refractivity contribution in [3.05, 3.63) is 82.8 Å². The molecular formula is C28H28N4O5. The molecule has 0 aromatic heterocycles. The summed E-state index contributed by atoms with van der Waals surface area (Å²) in [6, 6.07) is 17.6. The maximum Gasteiger partial charge on any atom is 0.355 e. The number of nitrogens with one attached hydrogen (secondary N) is 1. The zero-order valence-electron chi connectivity index (χ0n) is 20.7. The third-order valence-electron chi connectivity index (χ3n) is 6.73. The number of esters is 2. The van der Waals surface area contributed by atoms with Crippen LogP contribution in [0.25, 0.3) is 0 Å². The lowest BCUT2D eigenvalue weighted by Gasteiger charge is -2.35. The van der Waals surface area contributed by atoms with Gasteiger partial charge in [-0.2, -0.15) is 5.26 Å². The van der Waals surface area contributed by atoms with Gasteiger partial charge in [0.05, 0.1) is 37.4 Å². The van der Waals surface area contributed by atoms with Gasteiger partial charge < -0.3 is 20.5 Å². The number of ether oxygens (including phenoxy) is 2. The first-order chi connectivity index (χ1) is 17.9. The second-order valence-electron chi connectivity index (χ2n) is 8.85. The van der Waals surface area contributed by atoms with Crippen molar-refractivity contribution >= 4 is 29.2 Å². The number of methoxy groups -OCH3 is 2. The number of benzene rings is 2. The number of allylic oxidation sites excluding steroid dienone is 1. The van der Waals surface area contributed by atoms with Crippen molar-refractivity contribution in [1.29, 1.82) is 5.26 Å². The Labute approximate surface area is 215 Å². The Bertz CT molecular complexity index is 1300. The molecular weight excluding hydrogens is 472 g/mol. The summed E-state index contributed by atoms with van der Waals surface area (Å²) in [6.07, 6.45) is 3.85. The van der Waals surface area contributed by atoms with E-state index in [9.17, 15) is 19.6 Å². The molecule has 1 atom stereocenters. The molecule has 2 aromatic rings. The minimum absolute atomic E-state index is 0.00457. The lowest BCUT2D eigenvalue weighted by atomic mass is 9.81. The zero-order chi connectivity index (χ0) is 26.5. The van der Waals surface area contributed by atoms with Crippen LogP contribution in [0.5, 0.6) is 0 Å². The molecule has 9 heteroatoms. The highest BCUT2D eigenvalue weighted by atomic mass is 16.5. The largest absolute Gasteiger partial charge is 0.466 e. The van der Waals surface area contributed by atoms with Gasteiger partial charge in [0.2, 0.25) is 5.91 Å². The highest BCUT2D eigenvalue weighted by Crippen LogP contribution is 2.43. The summed E-state index contributed by atoms with van der Waals surface area (Å²) >= 11 is 0. The number of carbonyl (C=O) groups is 3. The molecule has 0 bridgehead atoms. The van der Waals surface area contributed by atoms with Crippen LogP contribution in [0, 0.1) is 17.2 Å². The van der Waals surface area contributed by atoms with Crippen LogP contribution in [0.1, 0.15) is 37.2 Å². The predicted molar refractivity (Wildman–Crippen MR) is 137 cm³/mol. The van der Waals surface area contributed by atoms with E-state index in [-0.39, 0.29) is 34.5 Å². The highest BCUT2D eigenvalue weighted by Gasteiger charge is 2.43. The first-order valence-electron chi connectivity index (χ1n) is 12.0.